The van der Waals surface area contributed by atoms with E-state index in [2.05, 4.69) is 9.97 Å². The van der Waals surface area contributed by atoms with Gasteiger partial charge in [-0.2, -0.15) is 11.8 Å². The maximum atomic E-state index is 11.5. The second kappa shape index (κ2) is 5.70. The molecule has 0 saturated carbocycles. The van der Waals surface area contributed by atoms with Gasteiger partial charge in [0, 0.05) is 31.6 Å². The smallest absolute Gasteiger partial charge is 0.223 e. The average molecular weight is 213 g/mol. The van der Waals surface area contributed by atoms with Crippen molar-refractivity contribution in [3.05, 3.63) is 18.2 Å². The molecule has 5 heteroatoms. The van der Waals surface area contributed by atoms with Crippen LogP contribution in [0.3, 0.4) is 0 Å². The van der Waals surface area contributed by atoms with Gasteiger partial charge in [-0.05, 0) is 6.26 Å². The van der Waals surface area contributed by atoms with Crippen molar-refractivity contribution in [1.82, 2.24) is 14.9 Å². The molecule has 0 radical (unpaired) electrons. The van der Waals surface area contributed by atoms with Gasteiger partial charge in [0.15, 0.2) is 0 Å². The summed E-state index contributed by atoms with van der Waals surface area (Å²) in [6.07, 6.45) is 6.04. The first-order chi connectivity index (χ1) is 6.74. The topological polar surface area (TPSA) is 49.0 Å². The number of aromatic nitrogens is 2. The molecule has 0 saturated heterocycles. The van der Waals surface area contributed by atoms with E-state index >= 15 is 0 Å². The van der Waals surface area contributed by atoms with Crippen molar-refractivity contribution < 1.29 is 4.79 Å². The molecule has 0 unspecified atom stereocenters. The molecular weight excluding hydrogens is 198 g/mol. The van der Waals surface area contributed by atoms with Gasteiger partial charge in [-0.25, -0.2) is 4.98 Å². The molecule has 0 aromatic carbocycles. The van der Waals surface area contributed by atoms with Crippen LogP contribution < -0.4 is 0 Å². The molecule has 1 heterocycles. The highest BCUT2D eigenvalue weighted by Crippen LogP contribution is 2.02. The number of carbonyl (C=O) groups is 1. The van der Waals surface area contributed by atoms with Crippen LogP contribution in [-0.4, -0.2) is 39.8 Å². The Morgan fingerprint density at radius 2 is 2.50 bits per heavy atom. The van der Waals surface area contributed by atoms with Crippen molar-refractivity contribution in [3.63, 3.8) is 0 Å². The third-order valence-electron chi connectivity index (χ3n) is 1.89. The molecule has 0 fully saturated rings. The predicted octanol–water partition coefficient (Wildman–Crippen LogP) is 1.12. The molecule has 1 rings (SSSR count). The Morgan fingerprint density at radius 1 is 1.71 bits per heavy atom. The van der Waals surface area contributed by atoms with Gasteiger partial charge in [0.05, 0.1) is 6.54 Å². The van der Waals surface area contributed by atoms with Crippen molar-refractivity contribution in [2.24, 2.45) is 0 Å². The van der Waals surface area contributed by atoms with Gasteiger partial charge in [0.25, 0.3) is 0 Å². The van der Waals surface area contributed by atoms with Crippen molar-refractivity contribution in [1.29, 1.82) is 0 Å². The van der Waals surface area contributed by atoms with Crippen molar-refractivity contribution in [3.8, 4) is 0 Å². The van der Waals surface area contributed by atoms with Crippen LogP contribution in [0, 0.1) is 0 Å². The Morgan fingerprint density at radius 3 is 3.07 bits per heavy atom. The standard InChI is InChI=1S/C9H15N3OS/c1-12(9(13)3-6-14-2)7-8-10-4-5-11-8/h4-5H,3,6-7H2,1-2H3,(H,10,11). The summed E-state index contributed by atoms with van der Waals surface area (Å²) in [5, 5.41) is 0. The van der Waals surface area contributed by atoms with Crippen LogP contribution >= 0.6 is 11.8 Å². The maximum Gasteiger partial charge on any atom is 0.223 e. The zero-order valence-corrected chi connectivity index (χ0v) is 9.30. The summed E-state index contributed by atoms with van der Waals surface area (Å²) >= 11 is 1.68. The molecule has 14 heavy (non-hydrogen) atoms. The molecule has 0 aliphatic carbocycles. The fourth-order valence-corrected chi connectivity index (χ4v) is 1.46. The molecule has 78 valence electrons. The van der Waals surface area contributed by atoms with E-state index in [-0.39, 0.29) is 5.91 Å². The van der Waals surface area contributed by atoms with E-state index in [1.807, 2.05) is 6.26 Å². The van der Waals surface area contributed by atoms with E-state index in [0.29, 0.717) is 13.0 Å². The monoisotopic (exact) mass is 213 g/mol. The Balaban J connectivity index is 2.34. The molecule has 0 spiro atoms. The number of imidazole rings is 1. The average Bonchev–Trinajstić information content (AvgIpc) is 2.66. The van der Waals surface area contributed by atoms with Gasteiger partial charge in [0.1, 0.15) is 5.82 Å². The Kier molecular flexibility index (Phi) is 4.52. The highest BCUT2D eigenvalue weighted by molar-refractivity contribution is 7.98. The largest absolute Gasteiger partial charge is 0.347 e. The van der Waals surface area contributed by atoms with Crippen molar-refractivity contribution >= 4 is 17.7 Å². The second-order valence-corrected chi connectivity index (χ2v) is 4.01. The van der Waals surface area contributed by atoms with E-state index in [1.165, 1.54) is 0 Å². The number of thioether (sulfide) groups is 1. The molecular formula is C9H15N3OS. The molecule has 0 aliphatic heterocycles. The number of aromatic amines is 1. The highest BCUT2D eigenvalue weighted by Gasteiger charge is 2.09. The van der Waals surface area contributed by atoms with Crippen LogP contribution in [-0.2, 0) is 11.3 Å². The minimum atomic E-state index is 0.163. The summed E-state index contributed by atoms with van der Waals surface area (Å²) < 4.78 is 0. The first-order valence-electron chi connectivity index (χ1n) is 4.45. The lowest BCUT2D eigenvalue weighted by Crippen LogP contribution is -2.26. The minimum Gasteiger partial charge on any atom is -0.347 e. The third kappa shape index (κ3) is 3.41. The Bertz CT molecular complexity index is 274. The first kappa shape index (κ1) is 11.1. The molecule has 4 nitrogen and oxygen atoms in total. The molecule has 0 atom stereocenters. The van der Waals surface area contributed by atoms with E-state index in [4.69, 9.17) is 0 Å². The zero-order valence-electron chi connectivity index (χ0n) is 8.49. The number of carbonyl (C=O) groups excluding carboxylic acids is 1. The fourth-order valence-electron chi connectivity index (χ4n) is 1.08. The van der Waals surface area contributed by atoms with E-state index in [0.717, 1.165) is 11.6 Å². The fraction of sp³-hybridized carbons (Fsp3) is 0.556. The van der Waals surface area contributed by atoms with Gasteiger partial charge < -0.3 is 9.88 Å². The van der Waals surface area contributed by atoms with Gasteiger partial charge >= 0.3 is 0 Å². The van der Waals surface area contributed by atoms with Gasteiger partial charge in [-0.15, -0.1) is 0 Å². The van der Waals surface area contributed by atoms with Gasteiger partial charge in [0.2, 0.25) is 5.91 Å². The predicted molar refractivity (Wildman–Crippen MR) is 58.1 cm³/mol. The quantitative estimate of drug-likeness (QED) is 0.797. The Labute approximate surface area is 88.1 Å². The summed E-state index contributed by atoms with van der Waals surface area (Å²) in [4.78, 5) is 20.2. The van der Waals surface area contributed by atoms with Crippen LogP contribution in [0.5, 0.6) is 0 Å². The van der Waals surface area contributed by atoms with E-state index in [1.54, 1.807) is 36.1 Å². The van der Waals surface area contributed by atoms with Gasteiger partial charge in [-0.3, -0.25) is 4.79 Å². The van der Waals surface area contributed by atoms with E-state index in [9.17, 15) is 4.79 Å². The van der Waals surface area contributed by atoms with Crippen LogP contribution in [0.4, 0.5) is 0 Å². The molecule has 0 aliphatic rings. The van der Waals surface area contributed by atoms with Crippen LogP contribution in [0.2, 0.25) is 0 Å². The number of hydrogen-bond donors (Lipinski definition) is 1. The van der Waals surface area contributed by atoms with Crippen molar-refractivity contribution in [2.45, 2.75) is 13.0 Å². The van der Waals surface area contributed by atoms with E-state index < -0.39 is 0 Å². The minimum absolute atomic E-state index is 0.163. The third-order valence-corrected chi connectivity index (χ3v) is 2.50. The summed E-state index contributed by atoms with van der Waals surface area (Å²) in [7, 11) is 1.80. The molecule has 1 N–H and O–H groups in total. The highest BCUT2D eigenvalue weighted by atomic mass is 32.2. The second-order valence-electron chi connectivity index (χ2n) is 3.03. The number of rotatable bonds is 5. The summed E-state index contributed by atoms with van der Waals surface area (Å²) in [5.41, 5.74) is 0. The van der Waals surface area contributed by atoms with Crippen LogP contribution in [0.15, 0.2) is 12.4 Å². The number of nitrogens with zero attached hydrogens (tertiary/aromatic N) is 2. The molecule has 0 bridgehead atoms. The van der Waals surface area contributed by atoms with Crippen molar-refractivity contribution in [2.75, 3.05) is 19.1 Å². The lowest BCUT2D eigenvalue weighted by atomic mass is 10.4. The number of hydrogen-bond acceptors (Lipinski definition) is 3. The normalized spacial score (nSPS) is 10.1. The molecule has 1 aromatic rings. The summed E-state index contributed by atoms with van der Waals surface area (Å²) in [6.45, 7) is 0.556. The van der Waals surface area contributed by atoms with Crippen LogP contribution in [0.25, 0.3) is 0 Å². The number of nitrogens with one attached hydrogen (secondary N) is 1. The number of H-pyrrole nitrogens is 1. The van der Waals surface area contributed by atoms with Gasteiger partial charge in [-0.1, -0.05) is 0 Å². The lowest BCUT2D eigenvalue weighted by Gasteiger charge is -2.15. The van der Waals surface area contributed by atoms with Crippen LogP contribution in [0.1, 0.15) is 12.2 Å². The molecule has 1 amide bonds. The lowest BCUT2D eigenvalue weighted by molar-refractivity contribution is -0.130. The zero-order chi connectivity index (χ0) is 10.4. The first-order valence-corrected chi connectivity index (χ1v) is 5.84. The summed E-state index contributed by atoms with van der Waals surface area (Å²) in [6, 6.07) is 0. The number of amides is 1. The Hall–Kier alpha value is -0.970. The molecule has 1 aromatic heterocycles. The maximum absolute atomic E-state index is 11.5. The summed E-state index contributed by atoms with van der Waals surface area (Å²) in [5.74, 6) is 1.86. The SMILES string of the molecule is CSCCC(=O)N(C)Cc1ncc[nH]1.